The summed E-state index contributed by atoms with van der Waals surface area (Å²) >= 11 is 0. The Morgan fingerprint density at radius 1 is 0.862 bits per heavy atom. The second-order valence-electron chi connectivity index (χ2n) is 7.45. The summed E-state index contributed by atoms with van der Waals surface area (Å²) in [5, 5.41) is 16.7. The zero-order valence-electron chi connectivity index (χ0n) is 17.5. The topological polar surface area (TPSA) is 194 Å². The molecule has 0 radical (unpaired) electrons. The number of carbonyl (C=O) groups is 5. The minimum absolute atomic E-state index is 0.301. The highest BCUT2D eigenvalue weighted by Gasteiger charge is 2.32. The molecule has 166 valence electrons. The van der Waals surface area contributed by atoms with Gasteiger partial charge < -0.3 is 32.5 Å². The Morgan fingerprint density at radius 3 is 1.79 bits per heavy atom. The number of carboxylic acids is 1. The largest absolute Gasteiger partial charge is 0.480 e. The molecule has 0 saturated heterocycles. The van der Waals surface area contributed by atoms with Crippen molar-refractivity contribution in [3.05, 3.63) is 0 Å². The van der Waals surface area contributed by atoms with E-state index in [-0.39, 0.29) is 18.3 Å². The van der Waals surface area contributed by atoms with E-state index in [2.05, 4.69) is 16.0 Å². The van der Waals surface area contributed by atoms with E-state index in [4.69, 9.17) is 11.5 Å². The quantitative estimate of drug-likeness (QED) is 0.222. The molecule has 0 rings (SSSR count). The van der Waals surface area contributed by atoms with Gasteiger partial charge in [-0.3, -0.25) is 19.2 Å². The van der Waals surface area contributed by atoms with Crippen molar-refractivity contribution in [2.24, 2.45) is 23.3 Å². The van der Waals surface area contributed by atoms with Gasteiger partial charge in [-0.2, -0.15) is 0 Å². The van der Waals surface area contributed by atoms with Crippen LogP contribution in [0, 0.1) is 11.8 Å². The number of rotatable bonds is 12. The average molecular weight is 415 g/mol. The van der Waals surface area contributed by atoms with E-state index >= 15 is 0 Å². The van der Waals surface area contributed by atoms with Crippen LogP contribution in [-0.4, -0.2) is 58.9 Å². The lowest BCUT2D eigenvalue weighted by atomic mass is 9.97. The Kier molecular flexibility index (Phi) is 10.9. The molecule has 0 aliphatic rings. The van der Waals surface area contributed by atoms with Crippen molar-refractivity contribution in [3.63, 3.8) is 0 Å². The van der Waals surface area contributed by atoms with Gasteiger partial charge >= 0.3 is 5.97 Å². The van der Waals surface area contributed by atoms with E-state index < -0.39 is 53.8 Å². The highest BCUT2D eigenvalue weighted by Crippen LogP contribution is 2.10. The van der Waals surface area contributed by atoms with E-state index in [9.17, 15) is 29.1 Å². The monoisotopic (exact) mass is 415 g/mol. The first kappa shape index (κ1) is 26.3. The summed E-state index contributed by atoms with van der Waals surface area (Å²) in [5.74, 6) is -4.59. The number of hydrogen-bond acceptors (Lipinski definition) is 6. The Labute approximate surface area is 170 Å². The average Bonchev–Trinajstić information content (AvgIpc) is 2.61. The molecule has 0 aliphatic carbocycles. The fraction of sp³-hybridized carbons (Fsp3) is 0.722. The number of nitrogens with one attached hydrogen (secondary N) is 3. The van der Waals surface area contributed by atoms with Crippen LogP contribution < -0.4 is 27.4 Å². The summed E-state index contributed by atoms with van der Waals surface area (Å²) < 4.78 is 0. The van der Waals surface area contributed by atoms with Crippen LogP contribution in [0.1, 0.15) is 47.5 Å². The fourth-order valence-corrected chi connectivity index (χ4v) is 2.43. The smallest absolute Gasteiger partial charge is 0.326 e. The zero-order chi connectivity index (χ0) is 22.9. The molecule has 5 atom stereocenters. The van der Waals surface area contributed by atoms with E-state index in [1.807, 2.05) is 6.92 Å². The summed E-state index contributed by atoms with van der Waals surface area (Å²) in [6, 6.07) is -4.33. The molecule has 0 aromatic heterocycles. The number of aliphatic carboxylic acids is 1. The van der Waals surface area contributed by atoms with Crippen LogP contribution in [-0.2, 0) is 24.0 Å². The van der Waals surface area contributed by atoms with Gasteiger partial charge in [-0.15, -0.1) is 0 Å². The summed E-state index contributed by atoms with van der Waals surface area (Å²) in [4.78, 5) is 59.1. The first-order valence-corrected chi connectivity index (χ1v) is 9.49. The van der Waals surface area contributed by atoms with Crippen molar-refractivity contribution in [2.75, 3.05) is 0 Å². The number of carbonyl (C=O) groups excluding carboxylic acids is 4. The highest BCUT2D eigenvalue weighted by atomic mass is 16.4. The molecule has 0 aromatic carbocycles. The third-order valence-electron chi connectivity index (χ3n) is 4.53. The van der Waals surface area contributed by atoms with Crippen molar-refractivity contribution >= 4 is 29.6 Å². The molecule has 5 unspecified atom stereocenters. The number of hydrogen-bond donors (Lipinski definition) is 6. The molecule has 0 aliphatic heterocycles. The van der Waals surface area contributed by atoms with Crippen LogP contribution >= 0.6 is 0 Å². The SMILES string of the molecule is CCC(C)C(NC(=O)C(NC(=O)C(C)NC(=O)C(N)CC(N)=O)C(C)C)C(=O)O. The summed E-state index contributed by atoms with van der Waals surface area (Å²) in [5.41, 5.74) is 10.5. The van der Waals surface area contributed by atoms with Gasteiger partial charge in [-0.1, -0.05) is 34.1 Å². The molecular formula is C18H33N5O6. The predicted octanol–water partition coefficient (Wildman–Crippen LogP) is -1.55. The van der Waals surface area contributed by atoms with Gasteiger partial charge in [0.15, 0.2) is 0 Å². The third kappa shape index (κ3) is 8.90. The predicted molar refractivity (Wildman–Crippen MR) is 105 cm³/mol. The number of carboxylic acid groups (broad SMARTS) is 1. The molecule has 0 heterocycles. The van der Waals surface area contributed by atoms with Crippen molar-refractivity contribution in [1.82, 2.24) is 16.0 Å². The van der Waals surface area contributed by atoms with Crippen LogP contribution in [0.15, 0.2) is 0 Å². The molecule has 4 amide bonds. The van der Waals surface area contributed by atoms with Crippen LogP contribution in [0.2, 0.25) is 0 Å². The molecule has 8 N–H and O–H groups in total. The minimum atomic E-state index is -1.20. The third-order valence-corrected chi connectivity index (χ3v) is 4.53. The lowest BCUT2D eigenvalue weighted by Gasteiger charge is -2.27. The highest BCUT2D eigenvalue weighted by molar-refractivity contribution is 5.94. The second kappa shape index (κ2) is 12.0. The lowest BCUT2D eigenvalue weighted by molar-refractivity contribution is -0.144. The summed E-state index contributed by atoms with van der Waals surface area (Å²) in [6.45, 7) is 8.28. The minimum Gasteiger partial charge on any atom is -0.480 e. The first-order chi connectivity index (χ1) is 13.3. The van der Waals surface area contributed by atoms with Gasteiger partial charge in [0.1, 0.15) is 18.1 Å². The first-order valence-electron chi connectivity index (χ1n) is 9.49. The van der Waals surface area contributed by atoms with Crippen molar-refractivity contribution in [3.8, 4) is 0 Å². The standard InChI is InChI=1S/C18H33N5O6/c1-6-9(4)14(18(28)29)23-17(27)13(8(2)3)22-15(25)10(5)21-16(26)11(19)7-12(20)24/h8-11,13-14H,6-7,19H2,1-5H3,(H2,20,24)(H,21,26)(H,22,25)(H,23,27)(H,28,29). The van der Waals surface area contributed by atoms with E-state index in [1.54, 1.807) is 20.8 Å². The van der Waals surface area contributed by atoms with Gasteiger partial charge in [-0.05, 0) is 18.8 Å². The molecular weight excluding hydrogens is 382 g/mol. The zero-order valence-corrected chi connectivity index (χ0v) is 17.5. The molecule has 0 spiro atoms. The molecule has 11 nitrogen and oxygen atoms in total. The Balaban J connectivity index is 5.07. The number of amides is 4. The Morgan fingerprint density at radius 2 is 1.38 bits per heavy atom. The molecule has 0 bridgehead atoms. The Bertz CT molecular complexity index is 624. The van der Waals surface area contributed by atoms with E-state index in [0.717, 1.165) is 0 Å². The summed E-state index contributed by atoms with van der Waals surface area (Å²) in [7, 11) is 0. The second-order valence-corrected chi connectivity index (χ2v) is 7.45. The van der Waals surface area contributed by atoms with Crippen LogP contribution in [0.3, 0.4) is 0 Å². The van der Waals surface area contributed by atoms with Gasteiger partial charge in [0, 0.05) is 0 Å². The van der Waals surface area contributed by atoms with Gasteiger partial charge in [0.05, 0.1) is 12.5 Å². The van der Waals surface area contributed by atoms with Gasteiger partial charge in [-0.25, -0.2) is 4.79 Å². The molecule has 0 fully saturated rings. The summed E-state index contributed by atoms with van der Waals surface area (Å²) in [6.07, 6.45) is 0.175. The van der Waals surface area contributed by atoms with Crippen molar-refractivity contribution in [1.29, 1.82) is 0 Å². The maximum absolute atomic E-state index is 12.6. The van der Waals surface area contributed by atoms with Crippen LogP contribution in [0.25, 0.3) is 0 Å². The maximum Gasteiger partial charge on any atom is 0.326 e. The van der Waals surface area contributed by atoms with E-state index in [0.29, 0.717) is 6.42 Å². The normalized spacial score (nSPS) is 16.1. The number of primary amides is 1. The van der Waals surface area contributed by atoms with Crippen LogP contribution in [0.5, 0.6) is 0 Å². The van der Waals surface area contributed by atoms with Crippen molar-refractivity contribution < 1.29 is 29.1 Å². The van der Waals surface area contributed by atoms with Gasteiger partial charge in [0.2, 0.25) is 23.6 Å². The molecule has 0 aromatic rings. The Hall–Kier alpha value is -2.69. The molecule has 29 heavy (non-hydrogen) atoms. The fourth-order valence-electron chi connectivity index (χ4n) is 2.43. The van der Waals surface area contributed by atoms with Gasteiger partial charge in [0.25, 0.3) is 0 Å². The lowest BCUT2D eigenvalue weighted by Crippen LogP contribution is -2.58. The molecule has 11 heteroatoms. The maximum atomic E-state index is 12.6. The van der Waals surface area contributed by atoms with E-state index in [1.165, 1.54) is 6.92 Å². The van der Waals surface area contributed by atoms with Crippen molar-refractivity contribution in [2.45, 2.75) is 71.6 Å². The number of nitrogens with two attached hydrogens (primary N) is 2. The van der Waals surface area contributed by atoms with Crippen LogP contribution in [0.4, 0.5) is 0 Å². The molecule has 0 saturated carbocycles.